The Hall–Kier alpha value is -2.11. The first-order valence-corrected chi connectivity index (χ1v) is 5.53. The van der Waals surface area contributed by atoms with E-state index in [2.05, 4.69) is 15.0 Å². The molecule has 0 aromatic carbocycles. The van der Waals surface area contributed by atoms with E-state index in [0.29, 0.717) is 0 Å². The summed E-state index contributed by atoms with van der Waals surface area (Å²) in [4.78, 5) is 37.4. The molecule has 1 aromatic heterocycles. The molecule has 0 radical (unpaired) electrons. The molecule has 6 nitrogen and oxygen atoms in total. The Morgan fingerprint density at radius 3 is 2.56 bits per heavy atom. The molecular formula is C12H16N2O4. The molecule has 1 atom stereocenters. The van der Waals surface area contributed by atoms with Crippen LogP contribution in [-0.2, 0) is 9.53 Å². The lowest BCUT2D eigenvalue weighted by Crippen LogP contribution is -2.46. The number of aromatic amines is 1. The van der Waals surface area contributed by atoms with Gasteiger partial charge in [-0.15, -0.1) is 0 Å². The molecule has 0 bridgehead atoms. The monoisotopic (exact) mass is 252 g/mol. The molecule has 1 amide bonds. The molecule has 1 unspecified atom stereocenters. The molecule has 98 valence electrons. The second-order valence-electron chi connectivity index (χ2n) is 4.14. The summed E-state index contributed by atoms with van der Waals surface area (Å²) in [5, 5.41) is 2.49. The molecule has 1 aromatic rings. The zero-order chi connectivity index (χ0) is 13.7. The van der Waals surface area contributed by atoms with Crippen molar-refractivity contribution in [1.82, 2.24) is 10.3 Å². The van der Waals surface area contributed by atoms with Crippen LogP contribution in [0.25, 0.3) is 0 Å². The number of amides is 1. The van der Waals surface area contributed by atoms with Crippen LogP contribution in [0.15, 0.2) is 23.3 Å². The number of hydrogen-bond acceptors (Lipinski definition) is 4. The van der Waals surface area contributed by atoms with Crippen molar-refractivity contribution in [2.45, 2.75) is 19.9 Å². The number of pyridine rings is 1. The van der Waals surface area contributed by atoms with Gasteiger partial charge in [-0.05, 0) is 5.92 Å². The second-order valence-corrected chi connectivity index (χ2v) is 4.14. The molecule has 0 spiro atoms. The summed E-state index contributed by atoms with van der Waals surface area (Å²) in [6.45, 7) is 3.55. The number of hydrogen-bond donors (Lipinski definition) is 2. The van der Waals surface area contributed by atoms with Crippen LogP contribution in [-0.4, -0.2) is 30.0 Å². The lowest BCUT2D eigenvalue weighted by molar-refractivity contribution is -0.144. The highest BCUT2D eigenvalue weighted by atomic mass is 16.5. The van der Waals surface area contributed by atoms with Gasteiger partial charge in [0.25, 0.3) is 5.91 Å². The van der Waals surface area contributed by atoms with Crippen LogP contribution < -0.4 is 10.7 Å². The van der Waals surface area contributed by atoms with Gasteiger partial charge in [0.1, 0.15) is 11.6 Å². The van der Waals surface area contributed by atoms with Gasteiger partial charge in [-0.2, -0.15) is 0 Å². The largest absolute Gasteiger partial charge is 0.467 e. The summed E-state index contributed by atoms with van der Waals surface area (Å²) in [5.41, 5.74) is -0.439. The fraction of sp³-hybridized carbons (Fsp3) is 0.417. The van der Waals surface area contributed by atoms with Crippen LogP contribution in [0.2, 0.25) is 0 Å². The Morgan fingerprint density at radius 1 is 1.39 bits per heavy atom. The quantitative estimate of drug-likeness (QED) is 0.754. The SMILES string of the molecule is COC(=O)C(NC(=O)c1c[nH]ccc1=O)C(C)C. The highest BCUT2D eigenvalue weighted by molar-refractivity contribution is 5.96. The average Bonchev–Trinajstić information content (AvgIpc) is 2.35. The molecule has 0 saturated heterocycles. The van der Waals surface area contributed by atoms with Crippen molar-refractivity contribution in [3.63, 3.8) is 0 Å². The molecule has 1 heterocycles. The third-order valence-electron chi connectivity index (χ3n) is 2.48. The maximum absolute atomic E-state index is 11.9. The van der Waals surface area contributed by atoms with Gasteiger partial charge in [0.15, 0.2) is 5.43 Å². The first-order chi connectivity index (χ1) is 8.47. The minimum Gasteiger partial charge on any atom is -0.467 e. The lowest BCUT2D eigenvalue weighted by Gasteiger charge is -2.19. The predicted octanol–water partition coefficient (Wildman–Crippen LogP) is 0.302. The number of esters is 1. The van der Waals surface area contributed by atoms with Crippen LogP contribution in [0, 0.1) is 5.92 Å². The first-order valence-electron chi connectivity index (χ1n) is 5.53. The molecule has 0 aliphatic rings. The van der Waals surface area contributed by atoms with Gasteiger partial charge in [0.2, 0.25) is 0 Å². The second kappa shape index (κ2) is 6.00. The maximum atomic E-state index is 11.9. The summed E-state index contributed by atoms with van der Waals surface area (Å²) in [6.07, 6.45) is 2.73. The average molecular weight is 252 g/mol. The highest BCUT2D eigenvalue weighted by Gasteiger charge is 2.25. The van der Waals surface area contributed by atoms with E-state index in [4.69, 9.17) is 0 Å². The summed E-state index contributed by atoms with van der Waals surface area (Å²) in [7, 11) is 1.25. The molecular weight excluding hydrogens is 236 g/mol. The third kappa shape index (κ3) is 3.19. The van der Waals surface area contributed by atoms with Gasteiger partial charge in [0, 0.05) is 18.5 Å². The number of H-pyrrole nitrogens is 1. The number of carbonyl (C=O) groups excluding carboxylic acids is 2. The van der Waals surface area contributed by atoms with E-state index in [1.807, 2.05) is 0 Å². The number of nitrogens with one attached hydrogen (secondary N) is 2. The first kappa shape index (κ1) is 14.0. The summed E-state index contributed by atoms with van der Waals surface area (Å²) >= 11 is 0. The number of ether oxygens (including phenoxy) is 1. The molecule has 1 rings (SSSR count). The van der Waals surface area contributed by atoms with E-state index in [0.717, 1.165) is 0 Å². The van der Waals surface area contributed by atoms with Crippen molar-refractivity contribution in [1.29, 1.82) is 0 Å². The van der Waals surface area contributed by atoms with Crippen molar-refractivity contribution in [3.05, 3.63) is 34.2 Å². The molecule has 18 heavy (non-hydrogen) atoms. The maximum Gasteiger partial charge on any atom is 0.328 e. The normalized spacial score (nSPS) is 12.0. The van der Waals surface area contributed by atoms with Crippen LogP contribution in [0.5, 0.6) is 0 Å². The molecule has 0 aliphatic carbocycles. The van der Waals surface area contributed by atoms with Gasteiger partial charge in [-0.1, -0.05) is 13.8 Å². The van der Waals surface area contributed by atoms with Crippen molar-refractivity contribution in [2.24, 2.45) is 5.92 Å². The van der Waals surface area contributed by atoms with Gasteiger partial charge < -0.3 is 15.0 Å². The molecule has 6 heteroatoms. The van der Waals surface area contributed by atoms with Crippen LogP contribution in [0.1, 0.15) is 24.2 Å². The predicted molar refractivity (Wildman–Crippen MR) is 65.2 cm³/mol. The Kier molecular flexibility index (Phi) is 4.65. The zero-order valence-corrected chi connectivity index (χ0v) is 10.5. The Morgan fingerprint density at radius 2 is 2.06 bits per heavy atom. The van der Waals surface area contributed by atoms with Gasteiger partial charge in [0.05, 0.1) is 7.11 Å². The van der Waals surface area contributed by atoms with E-state index in [-0.39, 0.29) is 11.5 Å². The number of carbonyl (C=O) groups is 2. The molecule has 0 aliphatic heterocycles. The summed E-state index contributed by atoms with van der Waals surface area (Å²) in [6, 6.07) is 0.472. The van der Waals surface area contributed by atoms with E-state index >= 15 is 0 Å². The van der Waals surface area contributed by atoms with Crippen molar-refractivity contribution >= 4 is 11.9 Å². The summed E-state index contributed by atoms with van der Waals surface area (Å²) < 4.78 is 4.60. The van der Waals surface area contributed by atoms with Gasteiger partial charge >= 0.3 is 5.97 Å². The van der Waals surface area contributed by atoms with E-state index in [1.54, 1.807) is 13.8 Å². The van der Waals surface area contributed by atoms with Crippen molar-refractivity contribution < 1.29 is 14.3 Å². The summed E-state index contributed by atoms with van der Waals surface area (Å²) in [5.74, 6) is -1.27. The van der Waals surface area contributed by atoms with Crippen LogP contribution in [0.4, 0.5) is 0 Å². The van der Waals surface area contributed by atoms with Crippen molar-refractivity contribution in [3.8, 4) is 0 Å². The highest BCUT2D eigenvalue weighted by Crippen LogP contribution is 2.04. The third-order valence-corrected chi connectivity index (χ3v) is 2.48. The lowest BCUT2D eigenvalue weighted by atomic mass is 10.0. The van der Waals surface area contributed by atoms with Crippen LogP contribution in [0.3, 0.4) is 0 Å². The zero-order valence-electron chi connectivity index (χ0n) is 10.5. The molecule has 0 fully saturated rings. The smallest absolute Gasteiger partial charge is 0.328 e. The van der Waals surface area contributed by atoms with E-state index in [9.17, 15) is 14.4 Å². The fourth-order valence-electron chi connectivity index (χ4n) is 1.44. The number of aromatic nitrogens is 1. The topological polar surface area (TPSA) is 88.3 Å². The Balaban J connectivity index is 2.89. The molecule has 2 N–H and O–H groups in total. The standard InChI is InChI=1S/C12H16N2O4/c1-7(2)10(12(17)18-3)14-11(16)8-6-13-5-4-9(8)15/h4-7,10H,1-3H3,(H,13,15)(H,14,16). The van der Waals surface area contributed by atoms with Crippen molar-refractivity contribution in [2.75, 3.05) is 7.11 Å². The minimum atomic E-state index is -0.776. The van der Waals surface area contributed by atoms with Crippen LogP contribution >= 0.6 is 0 Å². The van der Waals surface area contributed by atoms with Gasteiger partial charge in [-0.25, -0.2) is 4.79 Å². The Bertz CT molecular complexity index is 493. The van der Waals surface area contributed by atoms with Gasteiger partial charge in [-0.3, -0.25) is 9.59 Å². The number of methoxy groups -OCH3 is 1. The van der Waals surface area contributed by atoms with E-state index < -0.39 is 23.3 Å². The fourth-order valence-corrected chi connectivity index (χ4v) is 1.44. The number of rotatable bonds is 4. The Labute approximate surface area is 104 Å². The van der Waals surface area contributed by atoms with E-state index in [1.165, 1.54) is 25.6 Å². The minimum absolute atomic E-state index is 0.0351. The molecule has 0 saturated carbocycles.